The van der Waals surface area contributed by atoms with Crippen LogP contribution in [0.2, 0.25) is 0 Å². The lowest BCUT2D eigenvalue weighted by Crippen LogP contribution is -2.28. The molecule has 0 bridgehead atoms. The second kappa shape index (κ2) is 6.33. The third kappa shape index (κ3) is 3.24. The second-order valence-electron chi connectivity index (χ2n) is 5.74. The van der Waals surface area contributed by atoms with Crippen molar-refractivity contribution in [3.63, 3.8) is 0 Å². The highest BCUT2D eigenvalue weighted by molar-refractivity contribution is 5.37. The highest BCUT2D eigenvalue weighted by Gasteiger charge is 2.18. The quantitative estimate of drug-likeness (QED) is 0.886. The largest absolute Gasteiger partial charge is 0.354 e. The summed E-state index contributed by atoms with van der Waals surface area (Å²) in [6.07, 6.45) is 7.87. The van der Waals surface area contributed by atoms with Crippen LogP contribution in [-0.4, -0.2) is 36.4 Å². The number of nitrogens with one attached hydrogen (secondary N) is 1. The van der Waals surface area contributed by atoms with Crippen molar-refractivity contribution >= 4 is 5.82 Å². The van der Waals surface area contributed by atoms with Gasteiger partial charge in [-0.15, -0.1) is 5.10 Å². The topological polar surface area (TPSA) is 41.0 Å². The first-order chi connectivity index (χ1) is 9.43. The average molecular weight is 260 g/mol. The van der Waals surface area contributed by atoms with Gasteiger partial charge in [-0.1, -0.05) is 19.3 Å². The van der Waals surface area contributed by atoms with E-state index in [1.165, 1.54) is 44.2 Å². The van der Waals surface area contributed by atoms with Gasteiger partial charge < -0.3 is 10.2 Å². The molecule has 1 aromatic rings. The first kappa shape index (κ1) is 12.9. The maximum absolute atomic E-state index is 4.50. The fourth-order valence-electron chi connectivity index (χ4n) is 3.20. The van der Waals surface area contributed by atoms with E-state index < -0.39 is 0 Å². The second-order valence-corrected chi connectivity index (χ2v) is 5.74. The lowest BCUT2D eigenvalue weighted by molar-refractivity contribution is 0.434. The summed E-state index contributed by atoms with van der Waals surface area (Å²) in [5.41, 5.74) is 1.20. The molecule has 1 N–H and O–H groups in total. The third-order valence-electron chi connectivity index (χ3n) is 4.36. The van der Waals surface area contributed by atoms with Crippen LogP contribution in [0.15, 0.2) is 12.1 Å². The summed E-state index contributed by atoms with van der Waals surface area (Å²) in [7, 11) is 0. The van der Waals surface area contributed by atoms with E-state index in [-0.39, 0.29) is 0 Å². The van der Waals surface area contributed by atoms with Crippen LogP contribution < -0.4 is 10.2 Å². The first-order valence-corrected chi connectivity index (χ1v) is 7.73. The van der Waals surface area contributed by atoms with Crippen molar-refractivity contribution in [1.82, 2.24) is 15.5 Å². The summed E-state index contributed by atoms with van der Waals surface area (Å²) in [6, 6.07) is 4.37. The molecule has 0 atom stereocenters. The number of rotatable bonds is 2. The van der Waals surface area contributed by atoms with Crippen LogP contribution in [-0.2, 0) is 0 Å². The molecule has 4 heteroatoms. The van der Waals surface area contributed by atoms with Gasteiger partial charge in [0.25, 0.3) is 0 Å². The zero-order valence-corrected chi connectivity index (χ0v) is 11.6. The molecule has 2 heterocycles. The minimum atomic E-state index is 0.654. The Balaban J connectivity index is 1.67. The Bertz CT molecular complexity index is 376. The fraction of sp³-hybridized carbons (Fsp3) is 0.733. The molecule has 0 radical (unpaired) electrons. The maximum atomic E-state index is 4.50. The Morgan fingerprint density at radius 1 is 0.947 bits per heavy atom. The first-order valence-electron chi connectivity index (χ1n) is 7.73. The minimum absolute atomic E-state index is 0.654. The monoisotopic (exact) mass is 260 g/mol. The predicted octanol–water partition coefficient (Wildman–Crippen LogP) is 2.32. The van der Waals surface area contributed by atoms with E-state index in [1.54, 1.807) is 0 Å². The van der Waals surface area contributed by atoms with Gasteiger partial charge >= 0.3 is 0 Å². The van der Waals surface area contributed by atoms with Gasteiger partial charge in [0.1, 0.15) is 0 Å². The van der Waals surface area contributed by atoms with E-state index in [0.29, 0.717) is 5.92 Å². The summed E-state index contributed by atoms with van der Waals surface area (Å²) >= 11 is 0. The molecule has 104 valence electrons. The Kier molecular flexibility index (Phi) is 4.28. The van der Waals surface area contributed by atoms with Crippen LogP contribution in [0.4, 0.5) is 5.82 Å². The smallest absolute Gasteiger partial charge is 0.151 e. The van der Waals surface area contributed by atoms with Crippen LogP contribution in [0.3, 0.4) is 0 Å². The molecule has 1 aliphatic heterocycles. The number of aromatic nitrogens is 2. The van der Waals surface area contributed by atoms with Crippen LogP contribution in [0.25, 0.3) is 0 Å². The van der Waals surface area contributed by atoms with E-state index in [1.807, 2.05) is 0 Å². The van der Waals surface area contributed by atoms with Gasteiger partial charge in [0.2, 0.25) is 0 Å². The van der Waals surface area contributed by atoms with Crippen molar-refractivity contribution < 1.29 is 0 Å². The van der Waals surface area contributed by atoms with Gasteiger partial charge in [-0.05, 0) is 37.9 Å². The molecule has 0 aromatic carbocycles. The Labute approximate surface area is 115 Å². The molecule has 3 rings (SSSR count). The Morgan fingerprint density at radius 2 is 1.84 bits per heavy atom. The van der Waals surface area contributed by atoms with Crippen molar-refractivity contribution in [3.8, 4) is 0 Å². The zero-order valence-electron chi connectivity index (χ0n) is 11.6. The summed E-state index contributed by atoms with van der Waals surface area (Å²) in [5, 5.41) is 12.4. The van der Waals surface area contributed by atoms with Crippen LogP contribution in [0.1, 0.15) is 50.1 Å². The average Bonchev–Trinajstić information content (AvgIpc) is 2.77. The molecule has 1 saturated heterocycles. The van der Waals surface area contributed by atoms with Gasteiger partial charge in [-0.3, -0.25) is 0 Å². The molecule has 1 saturated carbocycles. The van der Waals surface area contributed by atoms with Crippen molar-refractivity contribution in [2.24, 2.45) is 0 Å². The van der Waals surface area contributed by atoms with E-state index in [0.717, 1.165) is 32.0 Å². The van der Waals surface area contributed by atoms with Crippen LogP contribution in [0, 0.1) is 0 Å². The van der Waals surface area contributed by atoms with Crippen molar-refractivity contribution in [3.05, 3.63) is 17.8 Å². The molecule has 4 nitrogen and oxygen atoms in total. The number of anilines is 1. The molecule has 1 aliphatic carbocycles. The third-order valence-corrected chi connectivity index (χ3v) is 4.36. The molecular weight excluding hydrogens is 236 g/mol. The number of hydrogen-bond acceptors (Lipinski definition) is 4. The Morgan fingerprint density at radius 3 is 2.63 bits per heavy atom. The molecule has 2 aliphatic rings. The SMILES string of the molecule is c1cc(N2CCCNCC2)nnc1C1CCCCC1. The maximum Gasteiger partial charge on any atom is 0.151 e. The number of nitrogens with zero attached hydrogens (tertiary/aromatic N) is 3. The van der Waals surface area contributed by atoms with Crippen LogP contribution in [0.5, 0.6) is 0 Å². The van der Waals surface area contributed by atoms with Crippen LogP contribution >= 0.6 is 0 Å². The van der Waals surface area contributed by atoms with Gasteiger partial charge in [0, 0.05) is 25.6 Å². The number of hydrogen-bond donors (Lipinski definition) is 1. The summed E-state index contributed by atoms with van der Waals surface area (Å²) in [4.78, 5) is 2.34. The van der Waals surface area contributed by atoms with Gasteiger partial charge in [-0.2, -0.15) is 5.10 Å². The lowest BCUT2D eigenvalue weighted by Gasteiger charge is -2.23. The minimum Gasteiger partial charge on any atom is -0.354 e. The summed E-state index contributed by atoms with van der Waals surface area (Å²) in [6.45, 7) is 4.29. The van der Waals surface area contributed by atoms with Crippen molar-refractivity contribution in [2.45, 2.75) is 44.4 Å². The van der Waals surface area contributed by atoms with Gasteiger partial charge in [-0.25, -0.2) is 0 Å². The highest BCUT2D eigenvalue weighted by atomic mass is 15.3. The standard InChI is InChI=1S/C15H24N4/c1-2-5-13(6-3-1)14-7-8-15(18-17-14)19-11-4-9-16-10-12-19/h7-8,13,16H,1-6,9-12H2. The van der Waals surface area contributed by atoms with E-state index in [2.05, 4.69) is 32.5 Å². The lowest BCUT2D eigenvalue weighted by atomic mass is 9.87. The van der Waals surface area contributed by atoms with E-state index in [9.17, 15) is 0 Å². The van der Waals surface area contributed by atoms with E-state index in [4.69, 9.17) is 0 Å². The van der Waals surface area contributed by atoms with E-state index >= 15 is 0 Å². The molecule has 19 heavy (non-hydrogen) atoms. The fourth-order valence-corrected chi connectivity index (χ4v) is 3.20. The normalized spacial score (nSPS) is 22.2. The van der Waals surface area contributed by atoms with Gasteiger partial charge in [0.05, 0.1) is 5.69 Å². The summed E-state index contributed by atoms with van der Waals surface area (Å²) < 4.78 is 0. The summed E-state index contributed by atoms with van der Waals surface area (Å²) in [5.74, 6) is 1.70. The molecule has 2 fully saturated rings. The molecule has 0 amide bonds. The van der Waals surface area contributed by atoms with Crippen molar-refractivity contribution in [2.75, 3.05) is 31.1 Å². The molecule has 0 unspecified atom stereocenters. The Hall–Kier alpha value is -1.16. The predicted molar refractivity (Wildman–Crippen MR) is 77.6 cm³/mol. The molecular formula is C15H24N4. The highest BCUT2D eigenvalue weighted by Crippen LogP contribution is 2.31. The van der Waals surface area contributed by atoms with Gasteiger partial charge in [0.15, 0.2) is 5.82 Å². The molecule has 1 aromatic heterocycles. The molecule has 0 spiro atoms. The zero-order chi connectivity index (χ0) is 12.9. The van der Waals surface area contributed by atoms with Crippen molar-refractivity contribution in [1.29, 1.82) is 0 Å².